The Morgan fingerprint density at radius 1 is 1.14 bits per heavy atom. The van der Waals surface area contributed by atoms with Gasteiger partial charge in [0.25, 0.3) is 5.91 Å². The normalized spacial score (nSPS) is 18.8. The smallest absolute Gasteiger partial charge is 0.260 e. The van der Waals surface area contributed by atoms with Crippen molar-refractivity contribution in [1.29, 1.82) is 0 Å². The summed E-state index contributed by atoms with van der Waals surface area (Å²) in [6, 6.07) is 11.0. The quantitative estimate of drug-likeness (QED) is 0.311. The fourth-order valence-corrected chi connectivity index (χ4v) is 7.40. The van der Waals surface area contributed by atoms with Crippen molar-refractivity contribution in [2.24, 2.45) is 11.8 Å². The number of benzene rings is 2. The van der Waals surface area contributed by atoms with Gasteiger partial charge in [0.2, 0.25) is 10.0 Å². The van der Waals surface area contributed by atoms with Crippen molar-refractivity contribution in [2.75, 3.05) is 18.0 Å². The lowest BCUT2D eigenvalue weighted by Gasteiger charge is -2.34. The summed E-state index contributed by atoms with van der Waals surface area (Å²) in [5.41, 5.74) is 0.182. The number of piperidine rings is 1. The second-order valence-electron chi connectivity index (χ2n) is 9.49. The van der Waals surface area contributed by atoms with Crippen LogP contribution < -0.4 is 4.90 Å². The molecule has 2 unspecified atom stereocenters. The third-order valence-corrected chi connectivity index (χ3v) is 9.22. The van der Waals surface area contributed by atoms with Gasteiger partial charge in [-0.25, -0.2) is 22.2 Å². The van der Waals surface area contributed by atoms with Crippen LogP contribution >= 0.6 is 11.3 Å². The fraction of sp³-hybridized carbons (Fsp3) is 0.308. The first-order valence-corrected chi connectivity index (χ1v) is 14.1. The van der Waals surface area contributed by atoms with Crippen LogP contribution in [0.3, 0.4) is 0 Å². The minimum absolute atomic E-state index is 0.000634. The molecule has 194 valence electrons. The number of hydrogen-bond acceptors (Lipinski definition) is 6. The molecule has 0 radical (unpaired) electrons. The molecular weight excluding hydrogens is 520 g/mol. The van der Waals surface area contributed by atoms with Gasteiger partial charge in [-0.15, -0.1) is 0 Å². The minimum atomic E-state index is -3.70. The molecule has 0 N–H and O–H groups in total. The molecule has 3 heterocycles. The Morgan fingerprint density at radius 2 is 1.84 bits per heavy atom. The number of aromatic nitrogens is 1. The van der Waals surface area contributed by atoms with E-state index in [0.717, 1.165) is 29.9 Å². The van der Waals surface area contributed by atoms with Crippen LogP contribution in [-0.4, -0.2) is 36.7 Å². The summed E-state index contributed by atoms with van der Waals surface area (Å²) in [6.07, 6.45) is 2.45. The van der Waals surface area contributed by atoms with E-state index in [1.54, 1.807) is 12.1 Å². The summed E-state index contributed by atoms with van der Waals surface area (Å²) in [6.45, 7) is 4.99. The first kappa shape index (κ1) is 25.5. The first-order valence-electron chi connectivity index (χ1n) is 11.8. The van der Waals surface area contributed by atoms with E-state index in [1.807, 2.05) is 13.8 Å². The second kappa shape index (κ2) is 9.96. The van der Waals surface area contributed by atoms with E-state index in [-0.39, 0.29) is 44.2 Å². The van der Waals surface area contributed by atoms with Gasteiger partial charge in [-0.3, -0.25) is 9.69 Å². The van der Waals surface area contributed by atoms with Crippen molar-refractivity contribution >= 4 is 42.6 Å². The zero-order valence-electron chi connectivity index (χ0n) is 20.2. The van der Waals surface area contributed by atoms with Gasteiger partial charge < -0.3 is 4.42 Å². The van der Waals surface area contributed by atoms with E-state index in [4.69, 9.17) is 4.42 Å². The molecule has 2 aromatic carbocycles. The Morgan fingerprint density at radius 3 is 2.49 bits per heavy atom. The van der Waals surface area contributed by atoms with Gasteiger partial charge in [0, 0.05) is 24.7 Å². The average Bonchev–Trinajstić information content (AvgIpc) is 3.51. The van der Waals surface area contributed by atoms with Gasteiger partial charge in [0.05, 0.1) is 22.4 Å². The maximum Gasteiger partial charge on any atom is 0.260 e. The highest BCUT2D eigenvalue weighted by Gasteiger charge is 2.32. The third kappa shape index (κ3) is 5.16. The summed E-state index contributed by atoms with van der Waals surface area (Å²) in [4.78, 5) is 19.2. The highest BCUT2D eigenvalue weighted by Crippen LogP contribution is 2.33. The molecule has 0 bridgehead atoms. The number of nitrogens with zero attached hydrogens (tertiary/aromatic N) is 3. The number of rotatable bonds is 6. The lowest BCUT2D eigenvalue weighted by molar-refractivity contribution is 0.0983. The van der Waals surface area contributed by atoms with Crippen molar-refractivity contribution in [1.82, 2.24) is 9.29 Å². The monoisotopic (exact) mass is 545 g/mol. The van der Waals surface area contributed by atoms with Crippen molar-refractivity contribution in [2.45, 2.75) is 31.7 Å². The Labute approximate surface area is 217 Å². The molecule has 1 saturated heterocycles. The van der Waals surface area contributed by atoms with Crippen LogP contribution in [0.15, 0.2) is 64.1 Å². The molecule has 5 rings (SSSR count). The van der Waals surface area contributed by atoms with E-state index < -0.39 is 27.6 Å². The number of fused-ring (bicyclic) bond motifs is 1. The largest absolute Gasteiger partial charge is 0.467 e. The number of thiazole rings is 1. The maximum atomic E-state index is 14.3. The van der Waals surface area contributed by atoms with Crippen molar-refractivity contribution in [3.63, 3.8) is 0 Å². The topological polar surface area (TPSA) is 83.7 Å². The number of hydrogen-bond donors (Lipinski definition) is 0. The van der Waals surface area contributed by atoms with E-state index in [2.05, 4.69) is 4.98 Å². The summed E-state index contributed by atoms with van der Waals surface area (Å²) < 4.78 is 61.7. The number of carbonyl (C=O) groups is 1. The summed E-state index contributed by atoms with van der Waals surface area (Å²) >= 11 is 0.975. The molecule has 0 spiro atoms. The molecule has 37 heavy (non-hydrogen) atoms. The summed E-state index contributed by atoms with van der Waals surface area (Å²) in [7, 11) is -3.70. The summed E-state index contributed by atoms with van der Waals surface area (Å²) in [5, 5.41) is 0.161. The Hall–Kier alpha value is -3.15. The lowest BCUT2D eigenvalue weighted by Crippen LogP contribution is -2.42. The van der Waals surface area contributed by atoms with E-state index >= 15 is 0 Å². The maximum absolute atomic E-state index is 14.3. The third-order valence-electron chi connectivity index (χ3n) is 6.35. The summed E-state index contributed by atoms with van der Waals surface area (Å²) in [5.74, 6) is -1.05. The molecule has 7 nitrogen and oxygen atoms in total. The van der Waals surface area contributed by atoms with Crippen LogP contribution in [0.5, 0.6) is 0 Å². The van der Waals surface area contributed by atoms with E-state index in [0.29, 0.717) is 18.8 Å². The average molecular weight is 546 g/mol. The van der Waals surface area contributed by atoms with Crippen LogP contribution in [0.25, 0.3) is 10.2 Å². The SMILES string of the molecule is CC1CC(C)CN(S(=O)(=O)c2ccc(C(=O)N(Cc3ccco3)c3nc4c(F)cc(F)cc4s3)cc2)C1. The Kier molecular flexibility index (Phi) is 6.86. The van der Waals surface area contributed by atoms with Gasteiger partial charge in [-0.05, 0) is 60.7 Å². The van der Waals surface area contributed by atoms with Gasteiger partial charge in [-0.2, -0.15) is 4.31 Å². The number of sulfonamides is 1. The number of furan rings is 1. The van der Waals surface area contributed by atoms with Crippen LogP contribution in [0.4, 0.5) is 13.9 Å². The molecule has 2 aromatic heterocycles. The number of carbonyl (C=O) groups excluding carboxylic acids is 1. The molecule has 11 heteroatoms. The molecule has 0 aliphatic carbocycles. The van der Waals surface area contributed by atoms with Gasteiger partial charge in [-0.1, -0.05) is 25.2 Å². The van der Waals surface area contributed by atoms with Crippen molar-refractivity contribution < 1.29 is 26.4 Å². The number of halogens is 2. The highest BCUT2D eigenvalue weighted by atomic mass is 32.2. The molecule has 1 fully saturated rings. The zero-order chi connectivity index (χ0) is 26.3. The van der Waals surface area contributed by atoms with Crippen LogP contribution in [0.2, 0.25) is 0 Å². The standard InChI is InChI=1S/C26H25F2N3O4S2/c1-16-10-17(2)14-30(13-16)37(33,34)21-7-5-18(6-8-21)25(32)31(15-20-4-3-9-35-20)26-29-24-22(28)11-19(27)12-23(24)36-26/h3-9,11-12,16-17H,10,13-15H2,1-2H3. The molecule has 1 amide bonds. The molecule has 1 aliphatic heterocycles. The molecule has 4 aromatic rings. The predicted octanol–water partition coefficient (Wildman–Crippen LogP) is 5.68. The molecule has 2 atom stereocenters. The second-order valence-corrected chi connectivity index (χ2v) is 12.4. The van der Waals surface area contributed by atoms with Crippen LogP contribution in [0.1, 0.15) is 36.4 Å². The highest BCUT2D eigenvalue weighted by molar-refractivity contribution is 7.89. The molecular formula is C26H25F2N3O4S2. The first-order chi connectivity index (χ1) is 17.6. The molecule has 0 saturated carbocycles. The predicted molar refractivity (Wildman–Crippen MR) is 137 cm³/mol. The van der Waals surface area contributed by atoms with Gasteiger partial charge in [0.15, 0.2) is 10.9 Å². The number of amides is 1. The Balaban J connectivity index is 1.46. The van der Waals surface area contributed by atoms with Gasteiger partial charge in [0.1, 0.15) is 17.1 Å². The van der Waals surface area contributed by atoms with Gasteiger partial charge >= 0.3 is 0 Å². The number of anilines is 1. The Bertz CT molecular complexity index is 1530. The zero-order valence-corrected chi connectivity index (χ0v) is 21.9. The van der Waals surface area contributed by atoms with Crippen molar-refractivity contribution in [3.05, 3.63) is 77.8 Å². The van der Waals surface area contributed by atoms with Crippen LogP contribution in [-0.2, 0) is 16.6 Å². The van der Waals surface area contributed by atoms with E-state index in [9.17, 15) is 22.0 Å². The molecule has 1 aliphatic rings. The van der Waals surface area contributed by atoms with E-state index in [1.165, 1.54) is 39.7 Å². The fourth-order valence-electron chi connectivity index (χ4n) is 4.72. The van der Waals surface area contributed by atoms with Crippen molar-refractivity contribution in [3.8, 4) is 0 Å². The minimum Gasteiger partial charge on any atom is -0.467 e. The van der Waals surface area contributed by atoms with Crippen LogP contribution in [0, 0.1) is 23.5 Å². The lowest BCUT2D eigenvalue weighted by atomic mass is 9.94.